The van der Waals surface area contributed by atoms with Gasteiger partial charge < -0.3 is 0 Å². The minimum absolute atomic E-state index is 1.40. The van der Waals surface area contributed by atoms with E-state index in [1.807, 2.05) is 46.2 Å². The number of hydrogen-bond donors (Lipinski definition) is 0. The van der Waals surface area contributed by atoms with Crippen LogP contribution in [0.1, 0.15) is 0 Å². The van der Waals surface area contributed by atoms with Gasteiger partial charge in [-0.15, -0.1) is 22.7 Å². The van der Waals surface area contributed by atoms with E-state index in [1.54, 1.807) is 0 Å². The lowest BCUT2D eigenvalue weighted by molar-refractivity contribution is 1.34. The monoisotopic (exact) mass is 328 g/mol. The quantitative estimate of drug-likeness (QED) is 0.309. The van der Waals surface area contributed by atoms with Gasteiger partial charge in [-0.2, -0.15) is 0 Å². The van der Waals surface area contributed by atoms with Crippen molar-refractivity contribution in [1.29, 1.82) is 0 Å². The summed E-state index contributed by atoms with van der Waals surface area (Å²) in [5.74, 6) is 0. The molecule has 3 heterocycles. The molecular weight excluding hydrogens is 320 g/mol. The Balaban J connectivity index is 1.79. The van der Waals surface area contributed by atoms with Crippen molar-refractivity contribution in [3.8, 4) is 0 Å². The molecule has 0 nitrogen and oxygen atoms in total. The fourth-order valence-electron chi connectivity index (χ4n) is 2.51. The summed E-state index contributed by atoms with van der Waals surface area (Å²) in [6, 6.07) is 17.5. The second-order valence-electron chi connectivity index (χ2n) is 4.63. The predicted octanol–water partition coefficient (Wildman–Crippen LogP) is 6.73. The van der Waals surface area contributed by atoms with Crippen molar-refractivity contribution < 1.29 is 0 Å². The van der Waals surface area contributed by atoms with Crippen molar-refractivity contribution in [3.63, 3.8) is 0 Å². The maximum absolute atomic E-state index is 2.25. The number of thiophene rings is 2. The third-order valence-corrected chi connectivity index (χ3v) is 8.91. The van der Waals surface area contributed by atoms with Crippen LogP contribution < -0.4 is 0 Å². The molecule has 0 radical (unpaired) electrons. The lowest BCUT2D eigenvalue weighted by Crippen LogP contribution is -1.80. The molecule has 20 heavy (non-hydrogen) atoms. The predicted molar refractivity (Wildman–Crippen MR) is 91.9 cm³/mol. The Morgan fingerprint density at radius 1 is 0.550 bits per heavy atom. The minimum Gasteiger partial charge on any atom is -0.127 e. The number of hydrogen-bond acceptors (Lipinski definition) is 4. The summed E-state index contributed by atoms with van der Waals surface area (Å²) in [7, 11) is 0. The van der Waals surface area contributed by atoms with Crippen LogP contribution in [0, 0.1) is 0 Å². The van der Waals surface area contributed by atoms with Gasteiger partial charge in [-0.25, -0.2) is 0 Å². The van der Waals surface area contributed by atoms with Crippen LogP contribution in [0.25, 0.3) is 20.2 Å². The van der Waals surface area contributed by atoms with Crippen molar-refractivity contribution in [3.05, 3.63) is 48.5 Å². The molecular formula is C16H8S4. The summed E-state index contributed by atoms with van der Waals surface area (Å²) in [5, 5.41) is 2.82. The molecule has 1 aliphatic rings. The molecule has 0 fully saturated rings. The number of rotatable bonds is 0. The van der Waals surface area contributed by atoms with Crippen LogP contribution in [0.2, 0.25) is 0 Å². The average molecular weight is 329 g/mol. The average Bonchev–Trinajstić information content (AvgIpc) is 3.02. The molecule has 2 aromatic carbocycles. The van der Waals surface area contributed by atoms with Crippen LogP contribution in [0.15, 0.2) is 66.7 Å². The standard InChI is InChI=1S/C16H8S4/c1-3-7-11-9(5-1)13-15(17-11)20-14-10-6-2-4-8-12(10)18-16(14)19-13/h1-8H. The topological polar surface area (TPSA) is 0 Å². The van der Waals surface area contributed by atoms with E-state index in [1.165, 1.54) is 38.4 Å². The molecule has 0 saturated carbocycles. The summed E-state index contributed by atoms with van der Waals surface area (Å²) < 4.78 is 5.70. The SMILES string of the molecule is c1ccc2c3c(sc2c1)Sc1c(sc2ccccc12)S3. The smallest absolute Gasteiger partial charge is 0.0799 e. The van der Waals surface area contributed by atoms with Crippen molar-refractivity contribution in [2.45, 2.75) is 18.2 Å². The normalized spacial score (nSPS) is 13.6. The molecule has 0 spiro atoms. The largest absolute Gasteiger partial charge is 0.127 e. The first-order valence-corrected chi connectivity index (χ1v) is 9.55. The first-order chi connectivity index (χ1) is 9.90. The van der Waals surface area contributed by atoms with E-state index in [0.717, 1.165) is 0 Å². The molecule has 4 heteroatoms. The van der Waals surface area contributed by atoms with Crippen LogP contribution in [0.5, 0.6) is 0 Å². The lowest BCUT2D eigenvalue weighted by atomic mass is 10.3. The molecule has 5 rings (SSSR count). The molecule has 0 saturated heterocycles. The van der Waals surface area contributed by atoms with Gasteiger partial charge >= 0.3 is 0 Å². The van der Waals surface area contributed by atoms with E-state index in [-0.39, 0.29) is 0 Å². The molecule has 4 aromatic rings. The fraction of sp³-hybridized carbons (Fsp3) is 0. The van der Waals surface area contributed by atoms with Crippen molar-refractivity contribution in [2.75, 3.05) is 0 Å². The highest BCUT2D eigenvalue weighted by atomic mass is 32.2. The molecule has 0 N–H and O–H groups in total. The van der Waals surface area contributed by atoms with E-state index in [0.29, 0.717) is 0 Å². The van der Waals surface area contributed by atoms with Crippen LogP contribution in [0.3, 0.4) is 0 Å². The summed E-state index contributed by atoms with van der Waals surface area (Å²) >= 11 is 7.75. The second kappa shape index (κ2) is 4.28. The Hall–Kier alpha value is -0.940. The first kappa shape index (κ1) is 11.7. The van der Waals surface area contributed by atoms with Gasteiger partial charge in [0.1, 0.15) is 0 Å². The van der Waals surface area contributed by atoms with Crippen molar-refractivity contribution >= 4 is 66.4 Å². The molecule has 2 aromatic heterocycles. The molecule has 0 bridgehead atoms. The number of benzene rings is 2. The Morgan fingerprint density at radius 3 is 1.50 bits per heavy atom. The van der Waals surface area contributed by atoms with E-state index in [4.69, 9.17) is 0 Å². The zero-order valence-corrected chi connectivity index (χ0v) is 13.5. The molecule has 0 unspecified atom stereocenters. The van der Waals surface area contributed by atoms with Gasteiger partial charge in [0.25, 0.3) is 0 Å². The Labute approximate surface area is 132 Å². The van der Waals surface area contributed by atoms with Gasteiger partial charge in [0, 0.05) is 30.0 Å². The van der Waals surface area contributed by atoms with E-state index < -0.39 is 0 Å². The highest BCUT2D eigenvalue weighted by molar-refractivity contribution is 8.07. The molecule has 0 atom stereocenters. The minimum atomic E-state index is 1.40. The summed E-state index contributed by atoms with van der Waals surface area (Å²) in [6.07, 6.45) is 0. The van der Waals surface area contributed by atoms with Crippen molar-refractivity contribution in [2.24, 2.45) is 0 Å². The number of fused-ring (bicyclic) bond motifs is 6. The van der Waals surface area contributed by atoms with Crippen LogP contribution in [-0.4, -0.2) is 0 Å². The highest BCUT2D eigenvalue weighted by Crippen LogP contribution is 2.58. The maximum Gasteiger partial charge on any atom is 0.0799 e. The van der Waals surface area contributed by atoms with Gasteiger partial charge in [0.15, 0.2) is 0 Å². The second-order valence-corrected chi connectivity index (χ2v) is 9.30. The zero-order chi connectivity index (χ0) is 13.1. The summed E-state index contributed by atoms with van der Waals surface area (Å²) in [6.45, 7) is 0. The molecule has 0 aliphatic carbocycles. The lowest BCUT2D eigenvalue weighted by Gasteiger charge is -2.10. The molecule has 0 amide bonds. The van der Waals surface area contributed by atoms with Crippen LogP contribution in [-0.2, 0) is 0 Å². The van der Waals surface area contributed by atoms with Gasteiger partial charge in [0.2, 0.25) is 0 Å². The Bertz CT molecular complexity index is 881. The zero-order valence-electron chi connectivity index (χ0n) is 10.3. The van der Waals surface area contributed by atoms with Gasteiger partial charge in [0.05, 0.1) is 8.42 Å². The molecule has 1 aliphatic heterocycles. The van der Waals surface area contributed by atoms with E-state index in [2.05, 4.69) is 48.5 Å². The van der Waals surface area contributed by atoms with Gasteiger partial charge in [-0.3, -0.25) is 0 Å². The van der Waals surface area contributed by atoms with E-state index >= 15 is 0 Å². The van der Waals surface area contributed by atoms with E-state index in [9.17, 15) is 0 Å². The Morgan fingerprint density at radius 2 is 1.00 bits per heavy atom. The maximum atomic E-state index is 2.25. The molecule has 96 valence electrons. The van der Waals surface area contributed by atoms with Gasteiger partial charge in [-0.1, -0.05) is 59.9 Å². The van der Waals surface area contributed by atoms with Crippen molar-refractivity contribution in [1.82, 2.24) is 0 Å². The van der Waals surface area contributed by atoms with Crippen LogP contribution >= 0.6 is 46.2 Å². The fourth-order valence-corrected chi connectivity index (χ4v) is 8.19. The third kappa shape index (κ3) is 1.56. The first-order valence-electron chi connectivity index (χ1n) is 6.29. The Kier molecular flexibility index (Phi) is 2.50. The van der Waals surface area contributed by atoms with Gasteiger partial charge in [-0.05, 0) is 12.1 Å². The highest BCUT2D eigenvalue weighted by Gasteiger charge is 2.25. The summed E-state index contributed by atoms with van der Waals surface area (Å²) in [4.78, 5) is 2.91. The summed E-state index contributed by atoms with van der Waals surface area (Å²) in [5.41, 5.74) is 0. The third-order valence-electron chi connectivity index (χ3n) is 3.43. The van der Waals surface area contributed by atoms with Crippen LogP contribution in [0.4, 0.5) is 0 Å².